The second kappa shape index (κ2) is 6.85. The van der Waals surface area contributed by atoms with E-state index in [1.54, 1.807) is 15.3 Å². The van der Waals surface area contributed by atoms with E-state index in [4.69, 9.17) is 28.9 Å². The van der Waals surface area contributed by atoms with E-state index in [1.165, 1.54) is 12.8 Å². The van der Waals surface area contributed by atoms with Crippen LogP contribution in [0.1, 0.15) is 29.3 Å². The summed E-state index contributed by atoms with van der Waals surface area (Å²) in [6, 6.07) is 10.7. The summed E-state index contributed by atoms with van der Waals surface area (Å²) in [5.74, 6) is 1.72. The number of benzene rings is 1. The molecule has 27 heavy (non-hydrogen) atoms. The van der Waals surface area contributed by atoms with Gasteiger partial charge < -0.3 is 9.47 Å². The van der Waals surface area contributed by atoms with Gasteiger partial charge in [-0.2, -0.15) is 4.68 Å². The molecule has 3 aromatic rings. The van der Waals surface area contributed by atoms with Crippen molar-refractivity contribution in [3.63, 3.8) is 0 Å². The fraction of sp³-hybridized carbons (Fsp3) is 0.400. The van der Waals surface area contributed by atoms with Gasteiger partial charge in [-0.05, 0) is 60.8 Å². The van der Waals surface area contributed by atoms with Gasteiger partial charge in [-0.3, -0.25) is 0 Å². The van der Waals surface area contributed by atoms with Gasteiger partial charge in [-0.1, -0.05) is 11.6 Å². The summed E-state index contributed by atoms with van der Waals surface area (Å²) >= 11 is 13.7. The molecule has 1 aliphatic heterocycles. The number of quaternary nitrogens is 1. The van der Waals surface area contributed by atoms with Crippen molar-refractivity contribution in [3.8, 4) is 11.4 Å². The van der Waals surface area contributed by atoms with Crippen molar-refractivity contribution in [2.45, 2.75) is 32.0 Å². The minimum absolute atomic E-state index is 0.600. The summed E-state index contributed by atoms with van der Waals surface area (Å²) in [5, 5.41) is 7.87. The molecule has 2 atom stereocenters. The molecule has 4 nitrogen and oxygen atoms in total. The van der Waals surface area contributed by atoms with Crippen LogP contribution >= 0.6 is 35.2 Å². The zero-order chi connectivity index (χ0) is 18.5. The Morgan fingerprint density at radius 2 is 2.04 bits per heavy atom. The minimum atomic E-state index is 0.600. The first-order chi connectivity index (χ1) is 13.1. The molecule has 3 heterocycles. The zero-order valence-corrected chi connectivity index (χ0v) is 17.6. The molecule has 0 amide bonds. The van der Waals surface area contributed by atoms with E-state index in [9.17, 15) is 0 Å². The number of nitrogens with one attached hydrogen (secondary N) is 1. The number of nitrogens with zero attached hydrogens (tertiary/aromatic N) is 3. The summed E-state index contributed by atoms with van der Waals surface area (Å²) in [7, 11) is 2.00. The van der Waals surface area contributed by atoms with Crippen molar-refractivity contribution >= 4 is 35.2 Å². The summed E-state index contributed by atoms with van der Waals surface area (Å²) in [5.41, 5.74) is 2.61. The van der Waals surface area contributed by atoms with Crippen molar-refractivity contribution in [2.75, 3.05) is 6.54 Å². The van der Waals surface area contributed by atoms with Crippen LogP contribution in [-0.4, -0.2) is 20.9 Å². The van der Waals surface area contributed by atoms with Crippen LogP contribution in [0, 0.1) is 10.7 Å². The van der Waals surface area contributed by atoms with Crippen LogP contribution in [0.15, 0.2) is 35.7 Å². The van der Waals surface area contributed by atoms with E-state index in [0.717, 1.165) is 46.7 Å². The molecule has 1 aliphatic carbocycles. The lowest BCUT2D eigenvalue weighted by molar-refractivity contribution is -0.958. The van der Waals surface area contributed by atoms with Gasteiger partial charge in [0.1, 0.15) is 6.04 Å². The lowest BCUT2D eigenvalue weighted by Crippen LogP contribution is -3.13. The molecule has 5 rings (SSSR count). The maximum atomic E-state index is 6.03. The Bertz CT molecular complexity index is 1030. The van der Waals surface area contributed by atoms with E-state index in [-0.39, 0.29) is 0 Å². The molecule has 0 radical (unpaired) electrons. The predicted octanol–water partition coefficient (Wildman–Crippen LogP) is 3.88. The molecule has 1 aromatic carbocycles. The van der Waals surface area contributed by atoms with Crippen LogP contribution in [0.5, 0.6) is 0 Å². The van der Waals surface area contributed by atoms with Crippen molar-refractivity contribution in [2.24, 2.45) is 13.0 Å². The van der Waals surface area contributed by atoms with Gasteiger partial charge in [0, 0.05) is 40.4 Å². The average Bonchev–Trinajstić information content (AvgIpc) is 3.33. The van der Waals surface area contributed by atoms with Gasteiger partial charge in [-0.25, -0.2) is 0 Å². The third kappa shape index (κ3) is 3.18. The van der Waals surface area contributed by atoms with E-state index in [0.29, 0.717) is 6.04 Å². The second-order valence-corrected chi connectivity index (χ2v) is 9.40. The van der Waals surface area contributed by atoms with Gasteiger partial charge in [0.25, 0.3) is 0 Å². The van der Waals surface area contributed by atoms with Gasteiger partial charge in [-0.15, -0.1) is 16.4 Å². The number of hydrogen-bond acceptors (Lipinski definition) is 3. The first kappa shape index (κ1) is 17.6. The van der Waals surface area contributed by atoms with Crippen LogP contribution in [-0.2, 0) is 20.1 Å². The maximum Gasteiger partial charge on any atom is 0.202 e. The van der Waals surface area contributed by atoms with E-state index in [1.807, 2.05) is 51.9 Å². The number of rotatable bonds is 4. The Balaban J connectivity index is 1.47. The Morgan fingerprint density at radius 3 is 2.78 bits per heavy atom. The largest absolute Gasteiger partial charge is 0.310 e. The Morgan fingerprint density at radius 1 is 1.26 bits per heavy atom. The molecule has 0 saturated heterocycles. The first-order valence-corrected chi connectivity index (χ1v) is 11.1. The van der Waals surface area contributed by atoms with Crippen molar-refractivity contribution in [1.29, 1.82) is 0 Å². The number of hydrogen-bond donors (Lipinski definition) is 1. The molecule has 2 aromatic heterocycles. The van der Waals surface area contributed by atoms with Gasteiger partial charge in [0.15, 0.2) is 12.5 Å². The summed E-state index contributed by atoms with van der Waals surface area (Å²) < 4.78 is 4.80. The van der Waals surface area contributed by atoms with Crippen molar-refractivity contribution < 1.29 is 4.90 Å². The van der Waals surface area contributed by atoms with Crippen LogP contribution < -0.4 is 4.90 Å². The molecule has 140 valence electrons. The molecular weight excluding hydrogens is 396 g/mol. The highest BCUT2D eigenvalue weighted by Gasteiger charge is 2.43. The van der Waals surface area contributed by atoms with Crippen molar-refractivity contribution in [3.05, 3.63) is 55.9 Å². The van der Waals surface area contributed by atoms with Crippen LogP contribution in [0.4, 0.5) is 0 Å². The van der Waals surface area contributed by atoms with Gasteiger partial charge in [0.2, 0.25) is 4.77 Å². The van der Waals surface area contributed by atoms with Crippen LogP contribution in [0.3, 0.4) is 0 Å². The fourth-order valence-corrected chi connectivity index (χ4v) is 5.56. The molecule has 2 aliphatic rings. The summed E-state index contributed by atoms with van der Waals surface area (Å²) in [6.07, 6.45) is 3.87. The highest BCUT2D eigenvalue weighted by Crippen LogP contribution is 2.42. The molecule has 1 N–H and O–H groups in total. The number of fused-ring (bicyclic) bond motifs is 1. The smallest absolute Gasteiger partial charge is 0.202 e. The monoisotopic (exact) mass is 417 g/mol. The topological polar surface area (TPSA) is 27.2 Å². The highest BCUT2D eigenvalue weighted by atomic mass is 35.5. The van der Waals surface area contributed by atoms with Crippen molar-refractivity contribution in [1.82, 2.24) is 14.3 Å². The lowest BCUT2D eigenvalue weighted by Gasteiger charge is -2.32. The minimum Gasteiger partial charge on any atom is -0.310 e. The quantitative estimate of drug-likeness (QED) is 0.652. The standard InChI is InChI=1S/C20H21ClN4S2/c1-23-19(14-4-6-15(21)7-5-14)22-25(20(23)26)12-24-10-8-17-16(9-11-27-17)18(24)13-2-3-13/h4-7,9,11,13,18H,2-3,8,10,12H2,1H3/p+1/t18-/m0/s1. The third-order valence-corrected chi connectivity index (χ3v) is 7.55. The van der Waals surface area contributed by atoms with Gasteiger partial charge >= 0.3 is 0 Å². The third-order valence-electron chi connectivity index (χ3n) is 5.82. The highest BCUT2D eigenvalue weighted by molar-refractivity contribution is 7.71. The van der Waals surface area contributed by atoms with E-state index in [2.05, 4.69) is 11.4 Å². The SMILES string of the molecule is Cn1c(-c2ccc(Cl)cc2)nn(C[NH+]2CCc3sccc3[C@@H]2C2CC2)c1=S. The molecule has 1 fully saturated rings. The van der Waals surface area contributed by atoms with E-state index >= 15 is 0 Å². The first-order valence-electron chi connectivity index (χ1n) is 9.42. The average molecular weight is 418 g/mol. The van der Waals surface area contributed by atoms with Crippen LogP contribution in [0.25, 0.3) is 11.4 Å². The second-order valence-electron chi connectivity index (χ2n) is 7.60. The molecule has 7 heteroatoms. The summed E-state index contributed by atoms with van der Waals surface area (Å²) in [6.45, 7) is 1.99. The molecular formula is C20H22ClN4S2+. The molecule has 0 spiro atoms. The van der Waals surface area contributed by atoms with Crippen LogP contribution in [0.2, 0.25) is 5.02 Å². The Kier molecular flexibility index (Phi) is 4.47. The van der Waals surface area contributed by atoms with Gasteiger partial charge in [0.05, 0.1) is 6.54 Å². The molecule has 1 unspecified atom stereocenters. The zero-order valence-electron chi connectivity index (χ0n) is 15.2. The molecule has 1 saturated carbocycles. The number of thiophene rings is 1. The van der Waals surface area contributed by atoms with E-state index < -0.39 is 0 Å². The predicted molar refractivity (Wildman–Crippen MR) is 112 cm³/mol. The Hall–Kier alpha value is -1.47. The lowest BCUT2D eigenvalue weighted by atomic mass is 9.96. The number of halogens is 1. The molecule has 0 bridgehead atoms. The fourth-order valence-electron chi connectivity index (χ4n) is 4.31. The maximum absolute atomic E-state index is 6.03. The normalized spacial score (nSPS) is 22.0. The summed E-state index contributed by atoms with van der Waals surface area (Å²) in [4.78, 5) is 3.18. The number of aromatic nitrogens is 3. The Labute approximate surface area is 173 Å².